The highest BCUT2D eigenvalue weighted by Gasteiger charge is 2.77. The van der Waals surface area contributed by atoms with E-state index in [1.165, 1.54) is 4.90 Å². The van der Waals surface area contributed by atoms with Gasteiger partial charge in [0.25, 0.3) is 5.91 Å². The van der Waals surface area contributed by atoms with Crippen LogP contribution in [0.3, 0.4) is 0 Å². The van der Waals surface area contributed by atoms with E-state index in [2.05, 4.69) is 29.1 Å². The van der Waals surface area contributed by atoms with E-state index in [4.69, 9.17) is 9.47 Å². The van der Waals surface area contributed by atoms with Crippen LogP contribution >= 0.6 is 15.9 Å². The summed E-state index contributed by atoms with van der Waals surface area (Å²) in [6, 6.07) is 4.85. The number of ether oxygens (including phenoxy) is 2. The molecule has 3 aliphatic heterocycles. The van der Waals surface area contributed by atoms with Gasteiger partial charge in [0.2, 0.25) is 5.91 Å². The topological polar surface area (TPSA) is 96.4 Å². The molecule has 6 atom stereocenters. The Morgan fingerprint density at radius 2 is 2.08 bits per heavy atom. The van der Waals surface area contributed by atoms with Gasteiger partial charge in [-0.3, -0.25) is 14.4 Å². The van der Waals surface area contributed by atoms with Gasteiger partial charge in [-0.05, 0) is 43.9 Å². The van der Waals surface area contributed by atoms with Gasteiger partial charge in [-0.2, -0.15) is 0 Å². The van der Waals surface area contributed by atoms with Crippen LogP contribution in [0.25, 0.3) is 0 Å². The van der Waals surface area contributed by atoms with Gasteiger partial charge in [0.05, 0.1) is 31.2 Å². The summed E-state index contributed by atoms with van der Waals surface area (Å²) in [5, 5.41) is 9.80. The number of halogens is 1. The third kappa shape index (κ3) is 4.21. The van der Waals surface area contributed by atoms with Crippen LogP contribution in [0.1, 0.15) is 24.0 Å². The fourth-order valence-corrected chi connectivity index (χ4v) is 6.90. The molecule has 8 nitrogen and oxygen atoms in total. The number of aliphatic hydroxyl groups is 1. The smallest absolute Gasteiger partial charge is 0.312 e. The van der Waals surface area contributed by atoms with Crippen molar-refractivity contribution in [2.45, 2.75) is 49.3 Å². The van der Waals surface area contributed by atoms with Crippen molar-refractivity contribution in [2.75, 3.05) is 31.2 Å². The number of rotatable bonds is 10. The molecular weight excluding hydrogens is 528 g/mol. The fraction of sp³-hybridized carbons (Fsp3) is 0.519. The number of carbonyl (C=O) groups is 3. The number of hydrogen-bond donors (Lipinski definition) is 1. The first-order valence-electron chi connectivity index (χ1n) is 12.2. The lowest BCUT2D eigenvalue weighted by atomic mass is 9.70. The number of esters is 1. The van der Waals surface area contributed by atoms with Gasteiger partial charge in [-0.25, -0.2) is 0 Å². The van der Waals surface area contributed by atoms with Gasteiger partial charge in [0.1, 0.15) is 11.6 Å². The molecule has 0 saturated carbocycles. The molecule has 2 bridgehead atoms. The molecule has 1 spiro atoms. The van der Waals surface area contributed by atoms with Gasteiger partial charge in [0, 0.05) is 23.6 Å². The number of fused-ring (bicyclic) bond motifs is 1. The standard InChI is InChI=1S/C27H33BrN2O6/c1-5-7-13-35-26(34)20-21-24(32)30(11-12-31)23(27(21)15-18(28)22(20)36-27)25(33)29(10-6-2)19-14-16(3)8-9-17(19)4/h5-6,8-9,14,18,20-23,31H,1-2,7,10-13,15H2,3-4H3/t18?,20-,21-,22-,23?,27?/m0/s1. The lowest BCUT2D eigenvalue weighted by molar-refractivity contribution is -0.154. The van der Waals surface area contributed by atoms with Crippen molar-refractivity contribution in [2.24, 2.45) is 11.8 Å². The normalized spacial score (nSPS) is 30.3. The van der Waals surface area contributed by atoms with Crippen molar-refractivity contribution in [1.82, 2.24) is 4.90 Å². The number of nitrogens with zero attached hydrogens (tertiary/aromatic N) is 2. The second kappa shape index (κ2) is 10.5. The number of benzene rings is 1. The van der Waals surface area contributed by atoms with E-state index in [-0.39, 0.29) is 42.9 Å². The molecule has 3 heterocycles. The van der Waals surface area contributed by atoms with Crippen LogP contribution in [0.15, 0.2) is 43.5 Å². The van der Waals surface area contributed by atoms with Crippen LogP contribution in [-0.2, 0) is 23.9 Å². The second-order valence-electron chi connectivity index (χ2n) is 9.69. The average Bonchev–Trinajstić information content (AvgIpc) is 3.43. The Labute approximate surface area is 220 Å². The zero-order valence-electron chi connectivity index (χ0n) is 20.7. The van der Waals surface area contributed by atoms with E-state index < -0.39 is 35.6 Å². The number of amides is 2. The third-order valence-electron chi connectivity index (χ3n) is 7.44. The number of hydrogen-bond acceptors (Lipinski definition) is 6. The largest absolute Gasteiger partial charge is 0.465 e. The molecular formula is C27H33BrN2O6. The minimum Gasteiger partial charge on any atom is -0.465 e. The Morgan fingerprint density at radius 3 is 2.75 bits per heavy atom. The Balaban J connectivity index is 1.76. The first kappa shape index (κ1) is 26.6. The van der Waals surface area contributed by atoms with E-state index in [1.54, 1.807) is 17.1 Å². The van der Waals surface area contributed by atoms with E-state index in [0.29, 0.717) is 12.8 Å². The summed E-state index contributed by atoms with van der Waals surface area (Å²) in [5.41, 5.74) is 1.41. The Morgan fingerprint density at radius 1 is 1.33 bits per heavy atom. The maximum atomic E-state index is 14.3. The Bertz CT molecular complexity index is 1080. The van der Waals surface area contributed by atoms with E-state index in [1.807, 2.05) is 32.0 Å². The summed E-state index contributed by atoms with van der Waals surface area (Å²) in [5.74, 6) is -2.91. The van der Waals surface area contributed by atoms with Crippen molar-refractivity contribution in [3.63, 3.8) is 0 Å². The van der Waals surface area contributed by atoms with Gasteiger partial charge in [-0.15, -0.1) is 13.2 Å². The lowest BCUT2D eigenvalue weighted by Crippen LogP contribution is -2.57. The quantitative estimate of drug-likeness (QED) is 0.204. The first-order valence-corrected chi connectivity index (χ1v) is 13.1. The third-order valence-corrected chi connectivity index (χ3v) is 8.28. The van der Waals surface area contributed by atoms with Crippen molar-refractivity contribution in [3.05, 3.63) is 54.6 Å². The van der Waals surface area contributed by atoms with Gasteiger partial charge in [0.15, 0.2) is 0 Å². The van der Waals surface area contributed by atoms with Crippen LogP contribution in [0, 0.1) is 25.7 Å². The maximum absolute atomic E-state index is 14.3. The highest BCUT2D eigenvalue weighted by molar-refractivity contribution is 9.09. The molecule has 2 amide bonds. The van der Waals surface area contributed by atoms with Crippen LogP contribution in [-0.4, -0.2) is 76.7 Å². The summed E-state index contributed by atoms with van der Waals surface area (Å²) >= 11 is 3.64. The Hall–Kier alpha value is -2.49. The second-order valence-corrected chi connectivity index (χ2v) is 10.9. The zero-order chi connectivity index (χ0) is 26.2. The SMILES string of the molecule is C=CCCOC(=O)[C@H]1[C@H]2C(=O)N(CCO)C(C(=O)N(CC=C)c3cc(C)ccc3C)C23CC(Br)[C@@H]1O3. The molecule has 3 fully saturated rings. The molecule has 1 aromatic rings. The maximum Gasteiger partial charge on any atom is 0.312 e. The molecule has 3 unspecified atom stereocenters. The summed E-state index contributed by atoms with van der Waals surface area (Å²) in [6.45, 7) is 11.4. The predicted molar refractivity (Wildman–Crippen MR) is 139 cm³/mol. The number of alkyl halides is 1. The van der Waals surface area contributed by atoms with E-state index >= 15 is 0 Å². The molecule has 0 aromatic heterocycles. The molecule has 36 heavy (non-hydrogen) atoms. The number of anilines is 1. The number of aliphatic hydroxyl groups excluding tert-OH is 1. The summed E-state index contributed by atoms with van der Waals surface area (Å²) in [6.07, 6.45) is 3.59. The molecule has 0 aliphatic carbocycles. The van der Waals surface area contributed by atoms with Crippen LogP contribution in [0.4, 0.5) is 5.69 Å². The van der Waals surface area contributed by atoms with Gasteiger partial charge >= 0.3 is 5.97 Å². The molecule has 3 aliphatic rings. The average molecular weight is 561 g/mol. The van der Waals surface area contributed by atoms with Crippen LogP contribution in [0.2, 0.25) is 0 Å². The summed E-state index contributed by atoms with van der Waals surface area (Å²) in [4.78, 5) is 44.0. The van der Waals surface area contributed by atoms with Crippen molar-refractivity contribution < 1.29 is 29.0 Å². The number of aryl methyl sites for hydroxylation is 2. The molecule has 0 radical (unpaired) electrons. The summed E-state index contributed by atoms with van der Waals surface area (Å²) in [7, 11) is 0. The predicted octanol–water partition coefficient (Wildman–Crippen LogP) is 2.68. The molecule has 9 heteroatoms. The minimum atomic E-state index is -1.21. The highest BCUT2D eigenvalue weighted by Crippen LogP contribution is 2.60. The van der Waals surface area contributed by atoms with Crippen LogP contribution in [0.5, 0.6) is 0 Å². The summed E-state index contributed by atoms with van der Waals surface area (Å²) < 4.78 is 11.9. The molecule has 1 N–H and O–H groups in total. The van der Waals surface area contributed by atoms with Gasteiger partial charge in [-0.1, -0.05) is 40.2 Å². The molecule has 194 valence electrons. The van der Waals surface area contributed by atoms with Gasteiger partial charge < -0.3 is 24.4 Å². The first-order chi connectivity index (χ1) is 17.2. The number of carbonyl (C=O) groups excluding carboxylic acids is 3. The monoisotopic (exact) mass is 560 g/mol. The van der Waals surface area contributed by atoms with Crippen LogP contribution < -0.4 is 4.90 Å². The highest BCUT2D eigenvalue weighted by atomic mass is 79.9. The van der Waals surface area contributed by atoms with E-state index in [0.717, 1.165) is 16.8 Å². The lowest BCUT2D eigenvalue weighted by Gasteiger charge is -2.37. The van der Waals surface area contributed by atoms with Crippen molar-refractivity contribution in [3.8, 4) is 0 Å². The van der Waals surface area contributed by atoms with Crippen molar-refractivity contribution >= 4 is 39.4 Å². The van der Waals surface area contributed by atoms with Crippen molar-refractivity contribution in [1.29, 1.82) is 0 Å². The Kier molecular flexibility index (Phi) is 7.73. The molecule has 3 saturated heterocycles. The fourth-order valence-electron chi connectivity index (χ4n) is 5.96. The van der Waals surface area contributed by atoms with E-state index in [9.17, 15) is 19.5 Å². The minimum absolute atomic E-state index is 0.0402. The molecule has 4 rings (SSSR count). The molecule has 1 aromatic carbocycles. The zero-order valence-corrected chi connectivity index (χ0v) is 22.3. The number of β-amino-alcohol motifs (C(OH)–C–C–N with tert-alkyl or cyclic N) is 1. The number of likely N-dealkylation sites (tertiary alicyclic amines) is 1.